The summed E-state index contributed by atoms with van der Waals surface area (Å²) in [5.41, 5.74) is 2.92. The van der Waals surface area contributed by atoms with E-state index >= 15 is 0 Å². The molecule has 1 atom stereocenters. The average Bonchev–Trinajstić information content (AvgIpc) is 2.73. The van der Waals surface area contributed by atoms with Gasteiger partial charge in [0.05, 0.1) is 13.2 Å². The summed E-state index contributed by atoms with van der Waals surface area (Å²) < 4.78 is 34.0. The maximum Gasteiger partial charge on any atom is 0.496 e. The zero-order chi connectivity index (χ0) is 22.7. The molecule has 7 nitrogen and oxygen atoms in total. The van der Waals surface area contributed by atoms with Gasteiger partial charge in [-0.1, -0.05) is 37.3 Å². The number of aliphatic hydroxyl groups excluding tert-OH is 1. The molecule has 0 aliphatic heterocycles. The smallest absolute Gasteiger partial charge is 0.392 e. The Morgan fingerprint density at radius 3 is 2.30 bits per heavy atom. The van der Waals surface area contributed by atoms with Crippen LogP contribution in [-0.2, 0) is 25.8 Å². The van der Waals surface area contributed by atoms with Crippen molar-refractivity contribution in [2.24, 2.45) is 0 Å². The van der Waals surface area contributed by atoms with Crippen molar-refractivity contribution in [1.29, 1.82) is 0 Å². The summed E-state index contributed by atoms with van der Waals surface area (Å²) in [6.45, 7) is 10.1. The Morgan fingerprint density at radius 2 is 1.83 bits per heavy atom. The first kappa shape index (κ1) is 25.6. The Hall–Kier alpha value is -2.40. The second kappa shape index (κ2) is 12.3. The lowest BCUT2D eigenvalue weighted by Gasteiger charge is -2.33. The molecular formula is C21H28FN2O5P. The highest BCUT2D eigenvalue weighted by molar-refractivity contribution is 7.24. The number of hydrogen-bond acceptors (Lipinski definition) is 6. The van der Waals surface area contributed by atoms with Gasteiger partial charge < -0.3 is 10.0 Å². The molecule has 9 heteroatoms. The number of nitrogens with zero attached hydrogens (tertiary/aromatic N) is 2. The molecule has 0 saturated heterocycles. The van der Waals surface area contributed by atoms with E-state index in [1.165, 1.54) is 12.1 Å². The van der Waals surface area contributed by atoms with Crippen molar-refractivity contribution in [3.8, 4) is 0 Å². The van der Waals surface area contributed by atoms with Gasteiger partial charge in [0.15, 0.2) is 5.69 Å². The molecule has 30 heavy (non-hydrogen) atoms. The predicted octanol–water partition coefficient (Wildman–Crippen LogP) is 5.33. The fourth-order valence-electron chi connectivity index (χ4n) is 3.32. The maximum atomic E-state index is 13.4. The molecule has 0 amide bonds. The Morgan fingerprint density at radius 1 is 1.23 bits per heavy atom. The fourth-order valence-corrected chi connectivity index (χ4v) is 3.32. The Bertz CT molecular complexity index is 924. The minimum absolute atomic E-state index is 0. The van der Waals surface area contributed by atoms with Crippen molar-refractivity contribution in [2.75, 3.05) is 20.6 Å². The highest BCUT2D eigenvalue weighted by atomic mass is 31.1. The molecule has 0 aliphatic rings. The molecule has 0 spiro atoms. The molecule has 0 aromatic heterocycles. The van der Waals surface area contributed by atoms with Crippen LogP contribution in [0.1, 0.15) is 37.9 Å². The fraction of sp³-hybridized carbons (Fsp3) is 0.381. The number of hydrogen-bond donors (Lipinski definition) is 2. The van der Waals surface area contributed by atoms with Gasteiger partial charge in [0.2, 0.25) is 0 Å². The first-order chi connectivity index (χ1) is 14.2. The Kier molecular flexibility index (Phi) is 10.5. The van der Waals surface area contributed by atoms with Crippen LogP contribution in [0.15, 0.2) is 42.5 Å². The van der Waals surface area contributed by atoms with Crippen LogP contribution in [0, 0.1) is 12.4 Å². The van der Waals surface area contributed by atoms with Gasteiger partial charge >= 0.3 is 7.91 Å². The minimum atomic E-state index is -3.04. The Labute approximate surface area is 177 Å². The highest BCUT2D eigenvalue weighted by Crippen LogP contribution is 2.39. The number of halogens is 1. The van der Waals surface area contributed by atoms with Crippen molar-refractivity contribution in [2.45, 2.75) is 31.8 Å². The lowest BCUT2D eigenvalue weighted by atomic mass is 9.71. The minimum Gasteiger partial charge on any atom is -0.392 e. The van der Waals surface area contributed by atoms with E-state index < -0.39 is 7.91 Å². The van der Waals surface area contributed by atoms with Gasteiger partial charge in [-0.05, 0) is 62.3 Å². The number of rotatable bonds is 8. The summed E-state index contributed by atoms with van der Waals surface area (Å²) in [5.74, 6) is -0.259. The zero-order valence-electron chi connectivity index (χ0n) is 17.2. The van der Waals surface area contributed by atoms with Gasteiger partial charge in [0.25, 0.3) is 0 Å². The monoisotopic (exact) mass is 438 g/mol. The number of benzene rings is 2. The van der Waals surface area contributed by atoms with Gasteiger partial charge in [-0.15, -0.1) is 4.67 Å². The second-order valence-electron chi connectivity index (χ2n) is 7.16. The van der Waals surface area contributed by atoms with Crippen LogP contribution >= 0.6 is 7.91 Å². The molecule has 2 aromatic carbocycles. The van der Waals surface area contributed by atoms with Gasteiger partial charge in [-0.3, -0.25) is 0 Å². The SMILES string of the molecule is O=P(=O)OO.[C-]#[N+]c1ccc(C(C)(CCCN(C)C)c2ccc(F)cc2)c(CO)c1.[HH]. The highest BCUT2D eigenvalue weighted by Gasteiger charge is 2.30. The molecule has 1 unspecified atom stereocenters. The number of aliphatic hydroxyl groups is 1. The van der Waals surface area contributed by atoms with Crippen molar-refractivity contribution >= 4 is 13.6 Å². The van der Waals surface area contributed by atoms with Gasteiger partial charge in [0, 0.05) is 6.84 Å². The van der Waals surface area contributed by atoms with Gasteiger partial charge in [-0.25, -0.2) is 23.6 Å². The van der Waals surface area contributed by atoms with Crippen molar-refractivity contribution in [3.63, 3.8) is 0 Å². The molecule has 2 N–H and O–H groups in total. The average molecular weight is 438 g/mol. The topological polar surface area (TPSA) is 91.4 Å². The molecule has 0 saturated carbocycles. The van der Waals surface area contributed by atoms with Gasteiger partial charge in [0.1, 0.15) is 5.82 Å². The summed E-state index contributed by atoms with van der Waals surface area (Å²) in [6, 6.07) is 12.0. The third kappa shape index (κ3) is 7.45. The van der Waals surface area contributed by atoms with Crippen molar-refractivity contribution in [3.05, 3.63) is 76.4 Å². The van der Waals surface area contributed by atoms with Crippen LogP contribution in [0.5, 0.6) is 0 Å². The standard InChI is InChI=1S/C21H25FN2O.HO4P.H2/c1-21(12-5-13-24(3)4,17-6-8-18(22)9-7-17)20-11-10-19(23-2)14-16(20)15-25;1-4-5(2)3;/h6-11,14,25H,5,12-13,15H2,1,3-4H3;1H;1H. The zero-order valence-corrected chi connectivity index (χ0v) is 18.1. The Balaban J connectivity index is 0.00000135. The largest absolute Gasteiger partial charge is 0.496 e. The molecule has 2 rings (SSSR count). The summed E-state index contributed by atoms with van der Waals surface area (Å²) >= 11 is 0. The van der Waals surface area contributed by atoms with E-state index in [9.17, 15) is 9.50 Å². The van der Waals surface area contributed by atoms with E-state index in [1.54, 1.807) is 12.1 Å². The lowest BCUT2D eigenvalue weighted by Crippen LogP contribution is -2.27. The predicted molar refractivity (Wildman–Crippen MR) is 113 cm³/mol. The summed E-state index contributed by atoms with van der Waals surface area (Å²) in [7, 11) is 1.04. The van der Waals surface area contributed by atoms with E-state index in [0.717, 1.165) is 36.1 Å². The second-order valence-corrected chi connectivity index (χ2v) is 7.77. The molecular weight excluding hydrogens is 410 g/mol. The lowest BCUT2D eigenvalue weighted by molar-refractivity contribution is -0.132. The van der Waals surface area contributed by atoms with Crippen molar-refractivity contribution < 1.29 is 30.0 Å². The maximum absolute atomic E-state index is 13.4. The van der Waals surface area contributed by atoms with Crippen molar-refractivity contribution in [1.82, 2.24) is 4.90 Å². The molecule has 2 aromatic rings. The normalized spacial score (nSPS) is 12.5. The summed E-state index contributed by atoms with van der Waals surface area (Å²) in [5, 5.41) is 16.9. The van der Waals surface area contributed by atoms with Crippen LogP contribution < -0.4 is 0 Å². The van der Waals surface area contributed by atoms with E-state index in [1.807, 2.05) is 32.3 Å². The third-order valence-electron chi connectivity index (χ3n) is 4.81. The van der Waals surface area contributed by atoms with E-state index in [-0.39, 0.29) is 19.3 Å². The molecule has 0 fully saturated rings. The van der Waals surface area contributed by atoms with E-state index in [4.69, 9.17) is 21.0 Å². The molecule has 0 aliphatic carbocycles. The first-order valence-corrected chi connectivity index (χ1v) is 10.3. The van der Waals surface area contributed by atoms with Crippen LogP contribution in [0.3, 0.4) is 0 Å². The van der Waals surface area contributed by atoms with Crippen LogP contribution in [-0.4, -0.2) is 35.9 Å². The molecule has 0 bridgehead atoms. The molecule has 0 heterocycles. The van der Waals surface area contributed by atoms with Crippen LogP contribution in [0.25, 0.3) is 4.85 Å². The summed E-state index contributed by atoms with van der Waals surface area (Å²) in [4.78, 5) is 5.59. The van der Waals surface area contributed by atoms with Crippen LogP contribution in [0.4, 0.5) is 10.1 Å². The quantitative estimate of drug-likeness (QED) is 0.251. The van der Waals surface area contributed by atoms with Gasteiger partial charge in [-0.2, -0.15) is 0 Å². The van der Waals surface area contributed by atoms with E-state index in [2.05, 4.69) is 21.3 Å². The molecule has 0 radical (unpaired) electrons. The first-order valence-electron chi connectivity index (χ1n) is 9.16. The summed E-state index contributed by atoms with van der Waals surface area (Å²) in [6.07, 6.45) is 1.83. The third-order valence-corrected chi connectivity index (χ3v) is 4.95. The van der Waals surface area contributed by atoms with E-state index in [0.29, 0.717) is 5.69 Å². The van der Waals surface area contributed by atoms with Crippen LogP contribution in [0.2, 0.25) is 0 Å². The molecule has 164 valence electrons.